The Balaban J connectivity index is 2.35. The van der Waals surface area contributed by atoms with Crippen molar-refractivity contribution < 1.29 is 32.9 Å². The van der Waals surface area contributed by atoms with Crippen LogP contribution < -0.4 is 14.8 Å². The molecule has 1 aliphatic rings. The molecule has 0 aliphatic carbocycles. The average Bonchev–Trinajstić information content (AvgIpc) is 2.45. The molecule has 1 N–H and O–H groups in total. The number of benzene rings is 1. The van der Waals surface area contributed by atoms with Gasteiger partial charge < -0.3 is 24.3 Å². The molecule has 0 spiro atoms. The minimum Gasteiger partial charge on any atom is -0.492 e. The number of carbonyl (C=O) groups is 2. The fourth-order valence-corrected chi connectivity index (χ4v) is 2.57. The number of anilines is 1. The molecule has 0 saturated carbocycles. The van der Waals surface area contributed by atoms with E-state index in [4.69, 9.17) is 18.9 Å². The highest BCUT2D eigenvalue weighted by Gasteiger charge is 2.39. The Bertz CT molecular complexity index is 709. The van der Waals surface area contributed by atoms with Crippen LogP contribution in [0.15, 0.2) is 22.3 Å². The quantitative estimate of drug-likeness (QED) is 0.470. The van der Waals surface area contributed by atoms with E-state index in [9.17, 15) is 14.0 Å². The van der Waals surface area contributed by atoms with Crippen molar-refractivity contribution in [3.8, 4) is 11.5 Å². The molecule has 0 atom stereocenters. The van der Waals surface area contributed by atoms with Gasteiger partial charge in [-0.1, -0.05) is 0 Å². The Morgan fingerprint density at radius 3 is 2.21 bits per heavy atom. The molecular formula is C15H15BrFNO6. The zero-order valence-electron chi connectivity index (χ0n) is 13.4. The smallest absolute Gasteiger partial charge is 0.350 e. The van der Waals surface area contributed by atoms with Crippen molar-refractivity contribution in [2.24, 2.45) is 0 Å². The number of ether oxygens (including phenoxy) is 4. The minimum atomic E-state index is -1.33. The molecule has 0 unspecified atom stereocenters. The standard InChI is InChI=1S/C15H15BrFNO6/c1-15(2)23-13(19)7(14(20)24-15)6-18-9-5-8(16)11(21-3)10(17)12(9)22-4/h5-6,18H,1-4H3. The second-order valence-electron chi connectivity index (χ2n) is 5.17. The highest BCUT2D eigenvalue weighted by atomic mass is 79.9. The number of esters is 2. The Hall–Kier alpha value is -2.29. The van der Waals surface area contributed by atoms with E-state index in [0.29, 0.717) is 4.47 Å². The largest absolute Gasteiger partial charge is 0.492 e. The van der Waals surface area contributed by atoms with E-state index in [1.165, 1.54) is 34.1 Å². The molecule has 1 aromatic carbocycles. The van der Waals surface area contributed by atoms with Crippen LogP contribution in [0.1, 0.15) is 13.8 Å². The van der Waals surface area contributed by atoms with Gasteiger partial charge >= 0.3 is 11.9 Å². The first-order valence-electron chi connectivity index (χ1n) is 6.73. The third-order valence-electron chi connectivity index (χ3n) is 3.03. The molecule has 7 nitrogen and oxygen atoms in total. The molecule has 0 amide bonds. The molecule has 1 saturated heterocycles. The second kappa shape index (κ2) is 6.68. The Morgan fingerprint density at radius 1 is 1.17 bits per heavy atom. The van der Waals surface area contributed by atoms with Gasteiger partial charge in [-0.3, -0.25) is 0 Å². The number of halogens is 2. The number of rotatable bonds is 4. The molecular weight excluding hydrogens is 389 g/mol. The molecule has 0 aromatic heterocycles. The van der Waals surface area contributed by atoms with Gasteiger partial charge in [0.05, 0.1) is 24.4 Å². The lowest BCUT2D eigenvalue weighted by Gasteiger charge is -2.29. The summed E-state index contributed by atoms with van der Waals surface area (Å²) < 4.78 is 34.5. The van der Waals surface area contributed by atoms with Crippen LogP contribution in [0.2, 0.25) is 0 Å². The lowest BCUT2D eigenvalue weighted by atomic mass is 10.2. The van der Waals surface area contributed by atoms with Gasteiger partial charge in [0, 0.05) is 20.0 Å². The molecule has 1 fully saturated rings. The van der Waals surface area contributed by atoms with Gasteiger partial charge in [-0.25, -0.2) is 9.59 Å². The highest BCUT2D eigenvalue weighted by Crippen LogP contribution is 2.40. The van der Waals surface area contributed by atoms with E-state index in [1.54, 1.807) is 0 Å². The number of hydrogen-bond acceptors (Lipinski definition) is 7. The summed E-state index contributed by atoms with van der Waals surface area (Å²) in [6, 6.07) is 1.47. The summed E-state index contributed by atoms with van der Waals surface area (Å²) in [7, 11) is 2.59. The Kier molecular flexibility index (Phi) is 5.02. The maximum Gasteiger partial charge on any atom is 0.350 e. The lowest BCUT2D eigenvalue weighted by molar-refractivity contribution is -0.222. The van der Waals surface area contributed by atoms with Crippen LogP contribution >= 0.6 is 15.9 Å². The summed E-state index contributed by atoms with van der Waals surface area (Å²) >= 11 is 3.16. The summed E-state index contributed by atoms with van der Waals surface area (Å²) in [5.41, 5.74) is -0.190. The van der Waals surface area contributed by atoms with Crippen LogP contribution in [-0.2, 0) is 19.1 Å². The van der Waals surface area contributed by atoms with Crippen LogP contribution in [0.4, 0.5) is 10.1 Å². The topological polar surface area (TPSA) is 83.1 Å². The highest BCUT2D eigenvalue weighted by molar-refractivity contribution is 9.10. The van der Waals surface area contributed by atoms with Gasteiger partial charge in [0.25, 0.3) is 5.79 Å². The van der Waals surface area contributed by atoms with Crippen LogP contribution in [0.5, 0.6) is 11.5 Å². The van der Waals surface area contributed by atoms with E-state index in [1.807, 2.05) is 0 Å². The SMILES string of the molecule is COc1c(Br)cc(NC=C2C(=O)OC(C)(C)OC2=O)c(OC)c1F. The monoisotopic (exact) mass is 403 g/mol. The van der Waals surface area contributed by atoms with Gasteiger partial charge in [0.15, 0.2) is 17.1 Å². The van der Waals surface area contributed by atoms with E-state index in [-0.39, 0.29) is 22.8 Å². The molecule has 1 heterocycles. The fraction of sp³-hybridized carbons (Fsp3) is 0.333. The van der Waals surface area contributed by atoms with Crippen LogP contribution in [0, 0.1) is 5.82 Å². The van der Waals surface area contributed by atoms with E-state index in [2.05, 4.69) is 21.2 Å². The van der Waals surface area contributed by atoms with Crippen LogP contribution in [0.25, 0.3) is 0 Å². The van der Waals surface area contributed by atoms with Gasteiger partial charge in [0.1, 0.15) is 0 Å². The van der Waals surface area contributed by atoms with Crippen molar-refractivity contribution in [2.45, 2.75) is 19.6 Å². The number of carbonyl (C=O) groups excluding carboxylic acids is 2. The lowest BCUT2D eigenvalue weighted by Crippen LogP contribution is -2.42. The molecule has 2 rings (SSSR count). The van der Waals surface area contributed by atoms with E-state index < -0.39 is 23.5 Å². The predicted octanol–water partition coefficient (Wildman–Crippen LogP) is 2.74. The molecule has 1 aliphatic heterocycles. The van der Waals surface area contributed by atoms with Gasteiger partial charge in [-0.15, -0.1) is 0 Å². The molecule has 1 aromatic rings. The average molecular weight is 404 g/mol. The number of methoxy groups -OCH3 is 2. The summed E-state index contributed by atoms with van der Waals surface area (Å²) in [6.45, 7) is 2.87. The van der Waals surface area contributed by atoms with Gasteiger partial charge in [-0.2, -0.15) is 4.39 Å². The van der Waals surface area contributed by atoms with Crippen molar-refractivity contribution >= 4 is 33.6 Å². The van der Waals surface area contributed by atoms with Crippen molar-refractivity contribution in [1.82, 2.24) is 0 Å². The molecule has 24 heavy (non-hydrogen) atoms. The normalized spacial score (nSPS) is 16.2. The fourth-order valence-electron chi connectivity index (χ4n) is 2.01. The predicted molar refractivity (Wildman–Crippen MR) is 85.2 cm³/mol. The first kappa shape index (κ1) is 18.1. The van der Waals surface area contributed by atoms with E-state index >= 15 is 0 Å². The van der Waals surface area contributed by atoms with Crippen molar-refractivity contribution in [1.29, 1.82) is 0 Å². The first-order chi connectivity index (χ1) is 11.2. The first-order valence-corrected chi connectivity index (χ1v) is 7.53. The van der Waals surface area contributed by atoms with Crippen molar-refractivity contribution in [2.75, 3.05) is 19.5 Å². The third kappa shape index (κ3) is 3.45. The van der Waals surface area contributed by atoms with Crippen LogP contribution in [-0.4, -0.2) is 31.9 Å². The maximum atomic E-state index is 14.3. The summed E-state index contributed by atoms with van der Waals surface area (Å²) in [5, 5.41) is 2.64. The zero-order valence-corrected chi connectivity index (χ0v) is 14.9. The molecule has 0 bridgehead atoms. The zero-order chi connectivity index (χ0) is 18.1. The van der Waals surface area contributed by atoms with Gasteiger partial charge in [0.2, 0.25) is 5.82 Å². The molecule has 130 valence electrons. The van der Waals surface area contributed by atoms with Crippen LogP contribution in [0.3, 0.4) is 0 Å². The molecule has 0 radical (unpaired) electrons. The number of nitrogens with one attached hydrogen (secondary N) is 1. The third-order valence-corrected chi connectivity index (χ3v) is 3.62. The Morgan fingerprint density at radius 2 is 1.71 bits per heavy atom. The number of cyclic esters (lactones) is 2. The van der Waals surface area contributed by atoms with Gasteiger partial charge in [-0.05, 0) is 22.0 Å². The minimum absolute atomic E-state index is 0.0386. The Labute approximate surface area is 145 Å². The maximum absolute atomic E-state index is 14.3. The van der Waals surface area contributed by atoms with E-state index in [0.717, 1.165) is 6.20 Å². The van der Waals surface area contributed by atoms with Crippen molar-refractivity contribution in [3.05, 3.63) is 28.1 Å². The second-order valence-corrected chi connectivity index (χ2v) is 6.02. The van der Waals surface area contributed by atoms with Crippen molar-refractivity contribution in [3.63, 3.8) is 0 Å². The number of hydrogen-bond donors (Lipinski definition) is 1. The summed E-state index contributed by atoms with van der Waals surface area (Å²) in [5.74, 6) is -3.97. The molecule has 9 heteroatoms. The summed E-state index contributed by atoms with van der Waals surface area (Å²) in [4.78, 5) is 23.7. The summed E-state index contributed by atoms with van der Waals surface area (Å²) in [6.07, 6.45) is 1.07.